The van der Waals surface area contributed by atoms with E-state index in [0.717, 1.165) is 44.8 Å². The minimum absolute atomic E-state index is 0.0431. The molecule has 0 spiro atoms. The van der Waals surface area contributed by atoms with Gasteiger partial charge in [0.05, 0.1) is 0 Å². The lowest BCUT2D eigenvalue weighted by atomic mass is 10.2. The quantitative estimate of drug-likeness (QED) is 0.926. The Balaban J connectivity index is 2.32. The van der Waals surface area contributed by atoms with Crippen LogP contribution in [0.3, 0.4) is 0 Å². The molecule has 0 amide bonds. The van der Waals surface area contributed by atoms with Crippen molar-refractivity contribution in [1.29, 1.82) is 0 Å². The van der Waals surface area contributed by atoms with Crippen molar-refractivity contribution in [2.45, 2.75) is 38.8 Å². The van der Waals surface area contributed by atoms with Gasteiger partial charge in [-0.05, 0) is 19.8 Å². The topological polar surface area (TPSA) is 41.1 Å². The van der Waals surface area contributed by atoms with Crippen molar-refractivity contribution in [3.05, 3.63) is 11.8 Å². The lowest BCUT2D eigenvalue weighted by Gasteiger charge is -2.22. The number of halogens is 3. The number of nitrogens with one attached hydrogen (secondary N) is 1. The number of aromatic nitrogens is 2. The number of alkyl halides is 3. The summed E-state index contributed by atoms with van der Waals surface area (Å²) in [6.07, 6.45) is -0.237. The predicted molar refractivity (Wildman–Crippen MR) is 71.9 cm³/mol. The van der Waals surface area contributed by atoms with Crippen LogP contribution in [0.2, 0.25) is 0 Å². The predicted octanol–water partition coefficient (Wildman–Crippen LogP) is 3.31. The molecule has 20 heavy (non-hydrogen) atoms. The van der Waals surface area contributed by atoms with E-state index in [0.29, 0.717) is 12.4 Å². The van der Waals surface area contributed by atoms with Gasteiger partial charge in [0.1, 0.15) is 5.82 Å². The first-order valence-corrected chi connectivity index (χ1v) is 6.96. The number of hydrogen-bond acceptors (Lipinski definition) is 4. The first-order chi connectivity index (χ1) is 9.50. The summed E-state index contributed by atoms with van der Waals surface area (Å²) in [6, 6.07) is 1.05. The molecule has 0 aromatic carbocycles. The molecule has 2 rings (SSSR count). The van der Waals surface area contributed by atoms with Gasteiger partial charge in [-0.1, -0.05) is 12.8 Å². The molecule has 0 unspecified atom stereocenters. The molecule has 1 N–H and O–H groups in total. The zero-order chi connectivity index (χ0) is 14.6. The molecule has 4 nitrogen and oxygen atoms in total. The molecule has 1 aliphatic heterocycles. The first-order valence-electron chi connectivity index (χ1n) is 6.96. The fraction of sp³-hybridized carbons (Fsp3) is 0.692. The molecule has 0 aliphatic carbocycles. The molecule has 1 aromatic heterocycles. The molecule has 0 saturated carbocycles. The van der Waals surface area contributed by atoms with Crippen molar-refractivity contribution in [2.75, 3.05) is 29.9 Å². The van der Waals surface area contributed by atoms with E-state index in [-0.39, 0.29) is 5.95 Å². The third-order valence-corrected chi connectivity index (χ3v) is 3.27. The van der Waals surface area contributed by atoms with Crippen molar-refractivity contribution in [3.8, 4) is 0 Å². The second-order valence-corrected chi connectivity index (χ2v) is 4.86. The molecule has 1 aromatic rings. The summed E-state index contributed by atoms with van der Waals surface area (Å²) < 4.78 is 38.7. The van der Waals surface area contributed by atoms with Crippen LogP contribution in [0.1, 0.15) is 38.3 Å². The lowest BCUT2D eigenvalue weighted by Crippen LogP contribution is -2.26. The highest BCUT2D eigenvalue weighted by atomic mass is 19.4. The molecular weight excluding hydrogens is 269 g/mol. The van der Waals surface area contributed by atoms with Crippen molar-refractivity contribution in [1.82, 2.24) is 9.97 Å². The van der Waals surface area contributed by atoms with E-state index < -0.39 is 11.9 Å². The summed E-state index contributed by atoms with van der Waals surface area (Å²) in [5.74, 6) is 0.409. The van der Waals surface area contributed by atoms with Crippen LogP contribution in [0, 0.1) is 0 Å². The Morgan fingerprint density at radius 1 is 1.15 bits per heavy atom. The standard InChI is InChI=1S/C13H19F3N4/c1-2-17-12-18-10(13(14,15)16)9-11(19-12)20-7-5-3-4-6-8-20/h9H,2-8H2,1H3,(H,17,18,19). The van der Waals surface area contributed by atoms with Crippen molar-refractivity contribution in [2.24, 2.45) is 0 Å². The van der Waals surface area contributed by atoms with Gasteiger partial charge in [0.2, 0.25) is 5.95 Å². The van der Waals surface area contributed by atoms with Gasteiger partial charge in [0, 0.05) is 25.7 Å². The van der Waals surface area contributed by atoms with Gasteiger partial charge in [-0.15, -0.1) is 0 Å². The average Bonchev–Trinajstić information content (AvgIpc) is 2.66. The Morgan fingerprint density at radius 3 is 2.35 bits per heavy atom. The summed E-state index contributed by atoms with van der Waals surface area (Å²) in [5.41, 5.74) is -0.886. The third kappa shape index (κ3) is 3.74. The van der Waals surface area contributed by atoms with Crippen molar-refractivity contribution >= 4 is 11.8 Å². The maximum absolute atomic E-state index is 12.9. The maximum atomic E-state index is 12.9. The molecule has 0 atom stereocenters. The smallest absolute Gasteiger partial charge is 0.356 e. The Hall–Kier alpha value is -1.53. The number of rotatable bonds is 3. The van der Waals surface area contributed by atoms with Crippen LogP contribution in [0.4, 0.5) is 24.9 Å². The maximum Gasteiger partial charge on any atom is 0.433 e. The van der Waals surface area contributed by atoms with Crippen LogP contribution in [0.5, 0.6) is 0 Å². The molecule has 0 radical (unpaired) electrons. The number of hydrogen-bond donors (Lipinski definition) is 1. The summed E-state index contributed by atoms with van der Waals surface area (Å²) in [4.78, 5) is 9.67. The number of anilines is 2. The normalized spacial score (nSPS) is 16.9. The largest absolute Gasteiger partial charge is 0.433 e. The van der Waals surface area contributed by atoms with Gasteiger partial charge >= 0.3 is 6.18 Å². The van der Waals surface area contributed by atoms with E-state index in [1.807, 2.05) is 4.90 Å². The SMILES string of the molecule is CCNc1nc(N2CCCCCC2)cc(C(F)(F)F)n1. The summed E-state index contributed by atoms with van der Waals surface area (Å²) in [5, 5.41) is 2.77. The zero-order valence-corrected chi connectivity index (χ0v) is 11.5. The molecular formula is C13H19F3N4. The second-order valence-electron chi connectivity index (χ2n) is 4.86. The van der Waals surface area contributed by atoms with Crippen LogP contribution in [-0.4, -0.2) is 29.6 Å². The Bertz CT molecular complexity index is 440. The Labute approximate surface area is 116 Å². The monoisotopic (exact) mass is 288 g/mol. The summed E-state index contributed by atoms with van der Waals surface area (Å²) in [7, 11) is 0. The Kier molecular flexibility index (Phi) is 4.67. The highest BCUT2D eigenvalue weighted by Gasteiger charge is 2.34. The third-order valence-electron chi connectivity index (χ3n) is 3.27. The molecule has 0 bridgehead atoms. The van der Waals surface area contributed by atoms with Crippen molar-refractivity contribution < 1.29 is 13.2 Å². The minimum atomic E-state index is -4.45. The molecule has 1 aliphatic rings. The van der Waals surface area contributed by atoms with Gasteiger partial charge in [-0.2, -0.15) is 18.2 Å². The highest BCUT2D eigenvalue weighted by Crippen LogP contribution is 2.31. The minimum Gasteiger partial charge on any atom is -0.356 e. The average molecular weight is 288 g/mol. The fourth-order valence-electron chi connectivity index (χ4n) is 2.28. The van der Waals surface area contributed by atoms with E-state index in [1.54, 1.807) is 6.92 Å². The Morgan fingerprint density at radius 2 is 1.80 bits per heavy atom. The van der Waals surface area contributed by atoms with Crippen molar-refractivity contribution in [3.63, 3.8) is 0 Å². The van der Waals surface area contributed by atoms with E-state index in [1.165, 1.54) is 0 Å². The van der Waals surface area contributed by atoms with Gasteiger partial charge < -0.3 is 10.2 Å². The van der Waals surface area contributed by atoms with Crippen LogP contribution in [-0.2, 0) is 6.18 Å². The molecule has 1 saturated heterocycles. The van der Waals surface area contributed by atoms with Crippen LogP contribution >= 0.6 is 0 Å². The lowest BCUT2D eigenvalue weighted by molar-refractivity contribution is -0.141. The molecule has 7 heteroatoms. The van der Waals surface area contributed by atoms with E-state index in [2.05, 4.69) is 15.3 Å². The molecule has 112 valence electrons. The first kappa shape index (κ1) is 14.9. The van der Waals surface area contributed by atoms with E-state index >= 15 is 0 Å². The number of nitrogens with zero attached hydrogens (tertiary/aromatic N) is 3. The van der Waals surface area contributed by atoms with Gasteiger partial charge in [-0.25, -0.2) is 4.98 Å². The van der Waals surface area contributed by atoms with E-state index in [4.69, 9.17) is 0 Å². The van der Waals surface area contributed by atoms with Crippen LogP contribution < -0.4 is 10.2 Å². The van der Waals surface area contributed by atoms with Gasteiger partial charge in [-0.3, -0.25) is 0 Å². The summed E-state index contributed by atoms with van der Waals surface area (Å²) >= 11 is 0. The van der Waals surface area contributed by atoms with Crippen LogP contribution in [0.15, 0.2) is 6.07 Å². The van der Waals surface area contributed by atoms with Gasteiger partial charge in [0.15, 0.2) is 5.69 Å². The molecule has 1 fully saturated rings. The van der Waals surface area contributed by atoms with E-state index in [9.17, 15) is 13.2 Å². The van der Waals surface area contributed by atoms with Gasteiger partial charge in [0.25, 0.3) is 0 Å². The molecule has 2 heterocycles. The van der Waals surface area contributed by atoms with Crippen LogP contribution in [0.25, 0.3) is 0 Å². The summed E-state index contributed by atoms with van der Waals surface area (Å²) in [6.45, 7) is 3.79. The highest BCUT2D eigenvalue weighted by molar-refractivity contribution is 5.45. The fourth-order valence-corrected chi connectivity index (χ4v) is 2.28. The second kappa shape index (κ2) is 6.28. The zero-order valence-electron chi connectivity index (χ0n) is 11.5.